The highest BCUT2D eigenvalue weighted by Gasteiger charge is 2.27. The SMILES string of the molecule is CCCC1CCC(C(Cc2nc(C)cs2)NN)CC1. The molecule has 1 fully saturated rings. The Morgan fingerprint density at radius 1 is 1.42 bits per heavy atom. The van der Waals surface area contributed by atoms with Gasteiger partial charge in [0.05, 0.1) is 5.01 Å². The number of nitrogens with zero attached hydrogens (tertiary/aromatic N) is 1. The van der Waals surface area contributed by atoms with Crippen LogP contribution in [0, 0.1) is 18.8 Å². The number of thiazole rings is 1. The second-order valence-corrected chi connectivity index (χ2v) is 6.87. The number of hydrazine groups is 1. The van der Waals surface area contributed by atoms with Crippen LogP contribution in [0.25, 0.3) is 0 Å². The van der Waals surface area contributed by atoms with Crippen molar-refractivity contribution in [2.24, 2.45) is 17.7 Å². The van der Waals surface area contributed by atoms with Crippen LogP contribution in [0.4, 0.5) is 0 Å². The molecule has 1 unspecified atom stereocenters. The maximum absolute atomic E-state index is 5.78. The summed E-state index contributed by atoms with van der Waals surface area (Å²) in [6, 6.07) is 0.396. The van der Waals surface area contributed by atoms with Crippen molar-refractivity contribution < 1.29 is 0 Å². The van der Waals surface area contributed by atoms with Gasteiger partial charge in [0.25, 0.3) is 0 Å². The Balaban J connectivity index is 1.85. The standard InChI is InChI=1S/C15H27N3S/c1-3-4-12-5-7-13(8-6-12)14(18-16)9-15-17-11(2)10-19-15/h10,12-14,18H,3-9,16H2,1-2H3. The van der Waals surface area contributed by atoms with E-state index in [0.29, 0.717) is 6.04 Å². The molecule has 1 aliphatic carbocycles. The van der Waals surface area contributed by atoms with E-state index in [-0.39, 0.29) is 0 Å². The molecule has 1 aliphatic rings. The van der Waals surface area contributed by atoms with E-state index in [9.17, 15) is 0 Å². The Kier molecular flexibility index (Phi) is 5.79. The molecule has 4 heteroatoms. The van der Waals surface area contributed by atoms with Crippen molar-refractivity contribution >= 4 is 11.3 Å². The van der Waals surface area contributed by atoms with E-state index < -0.39 is 0 Å². The Bertz CT molecular complexity index is 369. The van der Waals surface area contributed by atoms with Gasteiger partial charge >= 0.3 is 0 Å². The van der Waals surface area contributed by atoms with Crippen LogP contribution in [0.1, 0.15) is 56.2 Å². The Labute approximate surface area is 121 Å². The van der Waals surface area contributed by atoms with Gasteiger partial charge in [-0.05, 0) is 31.6 Å². The molecule has 1 heterocycles. The monoisotopic (exact) mass is 281 g/mol. The summed E-state index contributed by atoms with van der Waals surface area (Å²) in [7, 11) is 0. The highest BCUT2D eigenvalue weighted by Crippen LogP contribution is 2.34. The number of aryl methyl sites for hydroxylation is 1. The zero-order valence-electron chi connectivity index (χ0n) is 12.2. The molecule has 3 nitrogen and oxygen atoms in total. The second-order valence-electron chi connectivity index (χ2n) is 5.93. The van der Waals surface area contributed by atoms with Crippen molar-refractivity contribution in [1.29, 1.82) is 0 Å². The summed E-state index contributed by atoms with van der Waals surface area (Å²) in [5.74, 6) is 7.46. The van der Waals surface area contributed by atoms with Crippen LogP contribution in [0.5, 0.6) is 0 Å². The minimum Gasteiger partial charge on any atom is -0.271 e. The van der Waals surface area contributed by atoms with Crippen molar-refractivity contribution in [3.8, 4) is 0 Å². The molecule has 0 spiro atoms. The molecule has 1 aromatic heterocycles. The lowest BCUT2D eigenvalue weighted by molar-refractivity contribution is 0.213. The summed E-state index contributed by atoms with van der Waals surface area (Å²) in [4.78, 5) is 4.56. The number of aromatic nitrogens is 1. The Hall–Kier alpha value is -0.450. The third-order valence-corrected chi connectivity index (χ3v) is 5.42. The third kappa shape index (κ3) is 4.26. The fraction of sp³-hybridized carbons (Fsp3) is 0.800. The van der Waals surface area contributed by atoms with Gasteiger partial charge in [0.2, 0.25) is 0 Å². The average molecular weight is 281 g/mol. The molecule has 1 aromatic rings. The first-order valence-electron chi connectivity index (χ1n) is 7.60. The lowest BCUT2D eigenvalue weighted by atomic mass is 9.76. The fourth-order valence-electron chi connectivity index (χ4n) is 3.33. The smallest absolute Gasteiger partial charge is 0.0944 e. The van der Waals surface area contributed by atoms with E-state index in [2.05, 4.69) is 29.6 Å². The zero-order chi connectivity index (χ0) is 13.7. The van der Waals surface area contributed by atoms with Gasteiger partial charge in [0, 0.05) is 23.5 Å². The molecule has 1 saturated carbocycles. The summed E-state index contributed by atoms with van der Waals surface area (Å²) in [6.07, 6.45) is 9.12. The van der Waals surface area contributed by atoms with E-state index >= 15 is 0 Å². The second kappa shape index (κ2) is 7.36. The minimum atomic E-state index is 0.396. The molecule has 1 atom stereocenters. The van der Waals surface area contributed by atoms with Crippen LogP contribution in [0.2, 0.25) is 0 Å². The van der Waals surface area contributed by atoms with Crippen molar-refractivity contribution in [2.75, 3.05) is 0 Å². The Morgan fingerprint density at radius 2 is 2.16 bits per heavy atom. The van der Waals surface area contributed by atoms with E-state index in [1.54, 1.807) is 11.3 Å². The molecule has 0 amide bonds. The van der Waals surface area contributed by atoms with Gasteiger partial charge in [-0.15, -0.1) is 11.3 Å². The first kappa shape index (κ1) is 14.9. The van der Waals surface area contributed by atoms with E-state index in [0.717, 1.165) is 24.0 Å². The number of hydrogen-bond acceptors (Lipinski definition) is 4. The normalized spacial score (nSPS) is 25.4. The highest BCUT2D eigenvalue weighted by atomic mass is 32.1. The van der Waals surface area contributed by atoms with Gasteiger partial charge in [0.1, 0.15) is 0 Å². The molecule has 0 bridgehead atoms. The summed E-state index contributed by atoms with van der Waals surface area (Å²) >= 11 is 1.76. The van der Waals surface area contributed by atoms with Crippen LogP contribution in [0.15, 0.2) is 5.38 Å². The van der Waals surface area contributed by atoms with Crippen molar-refractivity contribution in [2.45, 2.75) is 64.8 Å². The van der Waals surface area contributed by atoms with Crippen LogP contribution >= 0.6 is 11.3 Å². The molecule has 2 rings (SSSR count). The van der Waals surface area contributed by atoms with Crippen molar-refractivity contribution in [3.05, 3.63) is 16.1 Å². The molecule has 108 valence electrons. The molecular formula is C15H27N3S. The molecule has 0 aliphatic heterocycles. The topological polar surface area (TPSA) is 50.9 Å². The highest BCUT2D eigenvalue weighted by molar-refractivity contribution is 7.09. The molecule has 0 saturated heterocycles. The molecule has 0 aromatic carbocycles. The summed E-state index contributed by atoms with van der Waals surface area (Å²) in [6.45, 7) is 4.35. The van der Waals surface area contributed by atoms with Crippen molar-refractivity contribution in [3.63, 3.8) is 0 Å². The van der Waals surface area contributed by atoms with Gasteiger partial charge in [-0.1, -0.05) is 32.6 Å². The maximum Gasteiger partial charge on any atom is 0.0944 e. The quantitative estimate of drug-likeness (QED) is 0.620. The predicted octanol–water partition coefficient (Wildman–Crippen LogP) is 3.43. The van der Waals surface area contributed by atoms with Gasteiger partial charge in [0.15, 0.2) is 0 Å². The number of hydrogen-bond donors (Lipinski definition) is 2. The van der Waals surface area contributed by atoms with E-state index in [1.165, 1.54) is 43.5 Å². The van der Waals surface area contributed by atoms with E-state index in [4.69, 9.17) is 5.84 Å². The third-order valence-electron chi connectivity index (χ3n) is 4.43. The first-order valence-corrected chi connectivity index (χ1v) is 8.48. The molecule has 3 N–H and O–H groups in total. The fourth-order valence-corrected chi connectivity index (χ4v) is 4.17. The van der Waals surface area contributed by atoms with E-state index in [1.807, 2.05) is 0 Å². The van der Waals surface area contributed by atoms with Crippen LogP contribution in [-0.2, 0) is 6.42 Å². The van der Waals surface area contributed by atoms with Gasteiger partial charge < -0.3 is 0 Å². The van der Waals surface area contributed by atoms with Crippen LogP contribution < -0.4 is 11.3 Å². The molecule has 0 radical (unpaired) electrons. The number of rotatable bonds is 6. The molecular weight excluding hydrogens is 254 g/mol. The minimum absolute atomic E-state index is 0.396. The zero-order valence-corrected chi connectivity index (χ0v) is 13.0. The number of nitrogens with one attached hydrogen (secondary N) is 1. The number of nitrogens with two attached hydrogens (primary N) is 1. The van der Waals surface area contributed by atoms with Gasteiger partial charge in [-0.2, -0.15) is 0 Å². The van der Waals surface area contributed by atoms with Crippen LogP contribution in [0.3, 0.4) is 0 Å². The predicted molar refractivity (Wildman–Crippen MR) is 82.0 cm³/mol. The maximum atomic E-state index is 5.78. The van der Waals surface area contributed by atoms with Gasteiger partial charge in [-0.3, -0.25) is 11.3 Å². The van der Waals surface area contributed by atoms with Crippen molar-refractivity contribution in [1.82, 2.24) is 10.4 Å². The summed E-state index contributed by atoms with van der Waals surface area (Å²) < 4.78 is 0. The Morgan fingerprint density at radius 3 is 2.68 bits per heavy atom. The molecule has 19 heavy (non-hydrogen) atoms. The summed E-state index contributed by atoms with van der Waals surface area (Å²) in [5, 5.41) is 3.34. The average Bonchev–Trinajstić information content (AvgIpc) is 2.83. The summed E-state index contributed by atoms with van der Waals surface area (Å²) in [5.41, 5.74) is 4.17. The largest absolute Gasteiger partial charge is 0.271 e. The van der Waals surface area contributed by atoms with Crippen LogP contribution in [-0.4, -0.2) is 11.0 Å². The lowest BCUT2D eigenvalue weighted by Gasteiger charge is -2.33. The van der Waals surface area contributed by atoms with Gasteiger partial charge in [-0.25, -0.2) is 4.98 Å². The first-order chi connectivity index (χ1) is 9.22. The lowest BCUT2D eigenvalue weighted by Crippen LogP contribution is -2.43.